The van der Waals surface area contributed by atoms with Crippen molar-refractivity contribution in [3.8, 4) is 16.9 Å². The Balaban J connectivity index is 1.76. The molecule has 0 radical (unpaired) electrons. The predicted molar refractivity (Wildman–Crippen MR) is 127 cm³/mol. The second kappa shape index (κ2) is 6.99. The molecule has 0 amide bonds. The van der Waals surface area contributed by atoms with Gasteiger partial charge in [0.2, 0.25) is 0 Å². The van der Waals surface area contributed by atoms with Gasteiger partial charge in [0.15, 0.2) is 5.75 Å². The Morgan fingerprint density at radius 1 is 0.656 bits per heavy atom. The highest BCUT2D eigenvalue weighted by molar-refractivity contribution is 5.94. The molecule has 1 aromatic carbocycles. The number of benzene rings is 1. The lowest BCUT2D eigenvalue weighted by molar-refractivity contribution is 0.211. The van der Waals surface area contributed by atoms with Crippen LogP contribution in [0.2, 0.25) is 0 Å². The Kier molecular flexibility index (Phi) is 3.98. The minimum atomic E-state index is -0.0188. The maximum atomic E-state index is 11.1. The van der Waals surface area contributed by atoms with E-state index in [2.05, 4.69) is 15.0 Å². The molecule has 6 heteroatoms. The second-order valence-corrected chi connectivity index (χ2v) is 7.71. The fourth-order valence-corrected chi connectivity index (χ4v) is 4.04. The maximum Gasteiger partial charge on any atom is 0.152 e. The number of nitrogens with one attached hydrogen (secondary N) is 1. The van der Waals surface area contributed by atoms with Crippen LogP contribution in [0.4, 0.5) is 0 Å². The van der Waals surface area contributed by atoms with Gasteiger partial charge in [0.1, 0.15) is 5.52 Å². The van der Waals surface area contributed by atoms with Gasteiger partial charge >= 0.3 is 0 Å². The summed E-state index contributed by atoms with van der Waals surface area (Å²) in [5, 5.41) is 22.2. The maximum absolute atomic E-state index is 11.1. The summed E-state index contributed by atoms with van der Waals surface area (Å²) in [7, 11) is 0. The molecule has 0 atom stereocenters. The average Bonchev–Trinajstić information content (AvgIpc) is 3.57. The van der Waals surface area contributed by atoms with Crippen LogP contribution < -0.4 is 0 Å². The summed E-state index contributed by atoms with van der Waals surface area (Å²) in [6.45, 7) is 0. The topological polar surface area (TPSA) is 87.0 Å². The van der Waals surface area contributed by atoms with Crippen molar-refractivity contribution in [3.63, 3.8) is 0 Å². The van der Waals surface area contributed by atoms with Gasteiger partial charge in [0.25, 0.3) is 0 Å². The van der Waals surface area contributed by atoms with Crippen molar-refractivity contribution in [2.75, 3.05) is 0 Å². The van der Waals surface area contributed by atoms with E-state index < -0.39 is 0 Å². The highest BCUT2D eigenvalue weighted by Crippen LogP contribution is 2.39. The fraction of sp³-hybridized carbons (Fsp3) is 0. The summed E-state index contributed by atoms with van der Waals surface area (Å²) >= 11 is 0. The third-order valence-corrected chi connectivity index (χ3v) is 5.53. The minimum absolute atomic E-state index is 0.0188. The number of hydrogen-bond acceptors (Lipinski definition) is 4. The molecule has 2 aliphatic rings. The number of rotatable bonds is 1. The van der Waals surface area contributed by atoms with Crippen molar-refractivity contribution in [3.05, 3.63) is 89.5 Å². The first kappa shape index (κ1) is 18.2. The number of nitrogens with zero attached hydrogens (tertiary/aromatic N) is 3. The normalized spacial score (nSPS) is 12.4. The molecule has 0 unspecified atom stereocenters. The van der Waals surface area contributed by atoms with Gasteiger partial charge < -0.3 is 15.3 Å². The molecule has 154 valence electrons. The highest BCUT2D eigenvalue weighted by Gasteiger charge is 2.18. The lowest BCUT2D eigenvalue weighted by atomic mass is 10.1. The van der Waals surface area contributed by atoms with Crippen molar-refractivity contribution in [2.24, 2.45) is 0 Å². The molecule has 8 bridgehead atoms. The Hall–Kier alpha value is -4.58. The molecule has 3 N–H and O–H groups in total. The molecule has 0 spiro atoms. The molecule has 0 aliphatic carbocycles. The number of fused-ring (bicyclic) bond motifs is 8. The van der Waals surface area contributed by atoms with Gasteiger partial charge in [0.05, 0.1) is 33.9 Å². The first-order valence-electron chi connectivity index (χ1n) is 10.2. The lowest BCUT2D eigenvalue weighted by Gasteiger charge is -2.00. The standard InChI is InChI=1S/C26H18N4O2/c31-26-24-15-22-11-9-20(29-22)13-18-7-6-17(27-18)12-19-8-10-21(28-19)14-23(30(24)32)25(26)16-4-2-1-3-5-16/h1-15,27,31-32H. The zero-order chi connectivity index (χ0) is 21.7. The van der Waals surface area contributed by atoms with Crippen LogP contribution in [0, 0.1) is 0 Å². The largest absolute Gasteiger partial charge is 0.505 e. The molecule has 0 fully saturated rings. The number of hydrogen-bond donors (Lipinski definition) is 3. The van der Waals surface area contributed by atoms with Crippen molar-refractivity contribution in [2.45, 2.75) is 0 Å². The Morgan fingerprint density at radius 3 is 1.78 bits per heavy atom. The monoisotopic (exact) mass is 418 g/mol. The van der Waals surface area contributed by atoms with Crippen LogP contribution in [0.15, 0.2) is 66.7 Å². The van der Waals surface area contributed by atoms with Crippen LogP contribution in [0.3, 0.4) is 0 Å². The Morgan fingerprint density at radius 2 is 1.19 bits per heavy atom. The van der Waals surface area contributed by atoms with Gasteiger partial charge in [0, 0.05) is 11.0 Å². The average molecular weight is 418 g/mol. The van der Waals surface area contributed by atoms with Gasteiger partial charge in [-0.1, -0.05) is 30.3 Å². The second-order valence-electron chi connectivity index (χ2n) is 7.71. The third-order valence-electron chi connectivity index (χ3n) is 5.53. The number of H-pyrrole nitrogens is 1. The van der Waals surface area contributed by atoms with Crippen molar-refractivity contribution in [1.82, 2.24) is 19.7 Å². The van der Waals surface area contributed by atoms with E-state index in [1.807, 2.05) is 78.9 Å². The van der Waals surface area contributed by atoms with Crippen molar-refractivity contribution < 1.29 is 10.3 Å². The van der Waals surface area contributed by atoms with Gasteiger partial charge in [-0.25, -0.2) is 9.97 Å². The molecule has 0 saturated carbocycles. The molecule has 5 heterocycles. The smallest absolute Gasteiger partial charge is 0.152 e. The first-order valence-corrected chi connectivity index (χ1v) is 10.2. The van der Waals surface area contributed by atoms with Crippen LogP contribution in [0.1, 0.15) is 22.8 Å². The van der Waals surface area contributed by atoms with Crippen LogP contribution >= 0.6 is 0 Å². The van der Waals surface area contributed by atoms with Crippen molar-refractivity contribution in [1.29, 1.82) is 0 Å². The predicted octanol–water partition coefficient (Wildman–Crippen LogP) is 5.74. The summed E-state index contributed by atoms with van der Waals surface area (Å²) in [5.41, 5.74) is 6.74. The van der Waals surface area contributed by atoms with Crippen LogP contribution in [-0.2, 0) is 0 Å². The molecule has 0 saturated heterocycles. The summed E-state index contributed by atoms with van der Waals surface area (Å²) in [6.07, 6.45) is 7.54. The minimum Gasteiger partial charge on any atom is -0.505 e. The molecule has 32 heavy (non-hydrogen) atoms. The SMILES string of the molecule is Oc1c(-c2ccccc2)c2cc3nc(cc4ccc(cc5nc(cc1n2O)C=C5)[nH]4)C=C3. The van der Waals surface area contributed by atoms with Crippen LogP contribution in [0.25, 0.3) is 57.5 Å². The molecule has 6 nitrogen and oxygen atoms in total. The van der Waals surface area contributed by atoms with E-state index >= 15 is 0 Å². The van der Waals surface area contributed by atoms with E-state index in [0.717, 1.165) is 32.7 Å². The van der Waals surface area contributed by atoms with E-state index in [0.29, 0.717) is 22.5 Å². The third kappa shape index (κ3) is 3.06. The molecule has 4 aromatic rings. The summed E-state index contributed by atoms with van der Waals surface area (Å²) < 4.78 is 0.996. The van der Waals surface area contributed by atoms with Crippen molar-refractivity contribution >= 4 is 46.4 Å². The fourth-order valence-electron chi connectivity index (χ4n) is 4.04. The van der Waals surface area contributed by atoms with Crippen LogP contribution in [-0.4, -0.2) is 30.0 Å². The quantitative estimate of drug-likeness (QED) is 0.297. The highest BCUT2D eigenvalue weighted by atomic mass is 16.5. The zero-order valence-corrected chi connectivity index (χ0v) is 16.9. The molecular formula is C26H18N4O2. The van der Waals surface area contributed by atoms with Gasteiger partial charge in [-0.2, -0.15) is 4.73 Å². The lowest BCUT2D eigenvalue weighted by Crippen LogP contribution is -1.89. The molecule has 3 aromatic heterocycles. The van der Waals surface area contributed by atoms with E-state index in [4.69, 9.17) is 0 Å². The van der Waals surface area contributed by atoms with Gasteiger partial charge in [-0.15, -0.1) is 0 Å². The number of aromatic amines is 1. The number of aromatic hydroxyl groups is 1. The molecular weight excluding hydrogens is 400 g/mol. The summed E-state index contributed by atoms with van der Waals surface area (Å²) in [6, 6.07) is 20.8. The van der Waals surface area contributed by atoms with Gasteiger partial charge in [-0.3, -0.25) is 0 Å². The van der Waals surface area contributed by atoms with E-state index in [9.17, 15) is 10.3 Å². The Bertz CT molecular complexity index is 1590. The number of aromatic nitrogens is 4. The Labute approximate surface area is 183 Å². The summed E-state index contributed by atoms with van der Waals surface area (Å²) in [4.78, 5) is 12.6. The summed E-state index contributed by atoms with van der Waals surface area (Å²) in [5.74, 6) is -0.0188. The van der Waals surface area contributed by atoms with Gasteiger partial charge in [-0.05, 0) is 66.3 Å². The molecule has 2 aliphatic heterocycles. The van der Waals surface area contributed by atoms with Crippen LogP contribution in [0.5, 0.6) is 5.75 Å². The molecule has 6 rings (SSSR count). The zero-order valence-electron chi connectivity index (χ0n) is 16.9. The van der Waals surface area contributed by atoms with E-state index in [1.165, 1.54) is 0 Å². The van der Waals surface area contributed by atoms with E-state index in [-0.39, 0.29) is 11.3 Å². The first-order chi connectivity index (χ1) is 15.6. The van der Waals surface area contributed by atoms with E-state index in [1.54, 1.807) is 12.1 Å².